The Labute approximate surface area is 91.8 Å². The third-order valence-corrected chi connectivity index (χ3v) is 1.45. The van der Waals surface area contributed by atoms with Crippen LogP contribution in [0.1, 0.15) is 20.8 Å². The number of carbonyl (C=O) groups is 1. The number of halogens is 3. The molecule has 0 saturated carbocycles. The molecule has 0 saturated heterocycles. The Morgan fingerprint density at radius 2 is 1.62 bits per heavy atom. The van der Waals surface area contributed by atoms with Crippen LogP contribution in [0.4, 0.5) is 0 Å². The number of nitrogens with one attached hydrogen (secondary N) is 1. The Morgan fingerprint density at radius 3 is 1.85 bits per heavy atom. The van der Waals surface area contributed by atoms with Gasteiger partial charge in [0.1, 0.15) is 5.60 Å². The van der Waals surface area contributed by atoms with Crippen molar-refractivity contribution in [3.05, 3.63) is 0 Å². The summed E-state index contributed by atoms with van der Waals surface area (Å²) in [6, 6.07) is 0. The quantitative estimate of drug-likeness (QED) is 0.439. The highest BCUT2D eigenvalue weighted by atomic mass is 35.6. The van der Waals surface area contributed by atoms with Crippen LogP contribution in [0.2, 0.25) is 0 Å². The van der Waals surface area contributed by atoms with E-state index in [2.05, 4.69) is 0 Å². The van der Waals surface area contributed by atoms with Gasteiger partial charge in [-0.05, 0) is 20.8 Å². The van der Waals surface area contributed by atoms with Gasteiger partial charge >= 0.3 is 5.97 Å². The topological polar surface area (TPSA) is 50.2 Å². The van der Waals surface area contributed by atoms with Gasteiger partial charge in [-0.3, -0.25) is 5.41 Å². The predicted octanol–water partition coefficient (Wildman–Crippen LogP) is 2.72. The van der Waals surface area contributed by atoms with Gasteiger partial charge in [0.25, 0.3) is 0 Å². The fourth-order valence-electron chi connectivity index (χ4n) is 0.445. The summed E-state index contributed by atoms with van der Waals surface area (Å²) in [7, 11) is 0. The van der Waals surface area contributed by atoms with Gasteiger partial charge in [-0.2, -0.15) is 0 Å². The van der Waals surface area contributed by atoms with Gasteiger partial charge in [0.15, 0.2) is 5.71 Å². The molecule has 0 heterocycles. The molecule has 0 aromatic rings. The van der Waals surface area contributed by atoms with Crippen molar-refractivity contribution in [2.45, 2.75) is 30.2 Å². The molecule has 0 amide bonds. The van der Waals surface area contributed by atoms with Gasteiger partial charge in [-0.25, -0.2) is 4.79 Å². The first kappa shape index (κ1) is 13.0. The molecule has 0 aromatic heterocycles. The Morgan fingerprint density at radius 1 is 1.23 bits per heavy atom. The molecule has 6 heteroatoms. The van der Waals surface area contributed by atoms with Gasteiger partial charge in [0.2, 0.25) is 3.79 Å². The maximum absolute atomic E-state index is 11.1. The van der Waals surface area contributed by atoms with Gasteiger partial charge in [0.05, 0.1) is 0 Å². The van der Waals surface area contributed by atoms with E-state index in [1.165, 1.54) is 0 Å². The monoisotopic (exact) mass is 245 g/mol. The number of ether oxygens (including phenoxy) is 1. The zero-order valence-electron chi connectivity index (χ0n) is 7.45. The van der Waals surface area contributed by atoms with E-state index in [1.54, 1.807) is 20.8 Å². The summed E-state index contributed by atoms with van der Waals surface area (Å²) in [4.78, 5) is 11.1. The highest BCUT2D eigenvalue weighted by molar-refractivity contribution is 6.81. The van der Waals surface area contributed by atoms with Crippen LogP contribution in [-0.2, 0) is 9.53 Å². The number of carbonyl (C=O) groups excluding carboxylic acids is 1. The molecule has 0 bridgehead atoms. The summed E-state index contributed by atoms with van der Waals surface area (Å²) in [5, 5.41) is 7.16. The van der Waals surface area contributed by atoms with Gasteiger partial charge in [-0.15, -0.1) is 0 Å². The van der Waals surface area contributed by atoms with Gasteiger partial charge in [0, 0.05) is 0 Å². The molecule has 0 radical (unpaired) electrons. The molecule has 0 atom stereocenters. The van der Waals surface area contributed by atoms with Crippen molar-refractivity contribution in [1.82, 2.24) is 0 Å². The molecule has 13 heavy (non-hydrogen) atoms. The first-order valence-corrected chi connectivity index (χ1v) is 4.56. The molecule has 0 spiro atoms. The zero-order valence-corrected chi connectivity index (χ0v) is 9.72. The fraction of sp³-hybridized carbons (Fsp3) is 0.714. The minimum absolute atomic E-state index is 0.688. The van der Waals surface area contributed by atoms with Crippen molar-refractivity contribution in [3.63, 3.8) is 0 Å². The SMILES string of the molecule is CC(C)(C)OC(=O)C(=N)C(Cl)(Cl)Cl. The minimum atomic E-state index is -2.03. The van der Waals surface area contributed by atoms with Gasteiger partial charge < -0.3 is 4.74 Å². The molecule has 1 N–H and O–H groups in total. The highest BCUT2D eigenvalue weighted by Gasteiger charge is 2.35. The molecular weight excluding hydrogens is 236 g/mol. The Kier molecular flexibility index (Phi) is 4.03. The average molecular weight is 247 g/mol. The summed E-state index contributed by atoms with van der Waals surface area (Å²) in [6.07, 6.45) is 0. The lowest BCUT2D eigenvalue weighted by Crippen LogP contribution is -2.34. The average Bonchev–Trinajstić information content (AvgIpc) is 1.79. The van der Waals surface area contributed by atoms with E-state index in [0.717, 1.165) is 0 Å². The maximum atomic E-state index is 11.1. The van der Waals surface area contributed by atoms with E-state index in [0.29, 0.717) is 0 Å². The summed E-state index contributed by atoms with van der Waals surface area (Å²) in [6.45, 7) is 4.99. The number of rotatable bonds is 1. The molecule has 76 valence electrons. The van der Waals surface area contributed by atoms with Crippen LogP contribution in [0, 0.1) is 5.41 Å². The molecule has 0 aliphatic rings. The van der Waals surface area contributed by atoms with Crippen LogP contribution >= 0.6 is 34.8 Å². The first-order chi connectivity index (χ1) is 5.54. The lowest BCUT2D eigenvalue weighted by molar-refractivity contribution is -0.146. The van der Waals surface area contributed by atoms with E-state index >= 15 is 0 Å². The zero-order chi connectivity index (χ0) is 10.9. The van der Waals surface area contributed by atoms with Crippen LogP contribution in [0.15, 0.2) is 0 Å². The molecule has 0 aliphatic carbocycles. The normalized spacial score (nSPS) is 12.5. The highest BCUT2D eigenvalue weighted by Crippen LogP contribution is 2.28. The third-order valence-electron chi connectivity index (χ3n) is 0.886. The predicted molar refractivity (Wildman–Crippen MR) is 53.9 cm³/mol. The van der Waals surface area contributed by atoms with Crippen molar-refractivity contribution in [2.75, 3.05) is 0 Å². The van der Waals surface area contributed by atoms with Crippen LogP contribution in [0.3, 0.4) is 0 Å². The van der Waals surface area contributed by atoms with E-state index in [4.69, 9.17) is 44.9 Å². The fourth-order valence-corrected chi connectivity index (χ4v) is 0.676. The van der Waals surface area contributed by atoms with Crippen LogP contribution in [-0.4, -0.2) is 21.1 Å². The second kappa shape index (κ2) is 4.03. The van der Waals surface area contributed by atoms with Crippen molar-refractivity contribution < 1.29 is 9.53 Å². The lowest BCUT2D eigenvalue weighted by Gasteiger charge is -2.21. The van der Waals surface area contributed by atoms with Crippen molar-refractivity contribution in [2.24, 2.45) is 0 Å². The lowest BCUT2D eigenvalue weighted by atomic mass is 10.2. The Balaban J connectivity index is 4.40. The number of esters is 1. The molecule has 3 nitrogen and oxygen atoms in total. The summed E-state index contributed by atoms with van der Waals surface area (Å²) in [5.74, 6) is -0.924. The second-order valence-corrected chi connectivity index (χ2v) is 5.66. The number of alkyl halides is 3. The van der Waals surface area contributed by atoms with E-state index < -0.39 is 21.1 Å². The molecule has 0 unspecified atom stereocenters. The summed E-state index contributed by atoms with van der Waals surface area (Å²) >= 11 is 15.9. The molecule has 0 aromatic carbocycles. The Hall–Kier alpha value is 0.01000. The van der Waals surface area contributed by atoms with Gasteiger partial charge in [-0.1, -0.05) is 34.8 Å². The summed E-state index contributed by atoms with van der Waals surface area (Å²) < 4.78 is 2.78. The third kappa shape index (κ3) is 5.34. The number of hydrogen-bond donors (Lipinski definition) is 1. The van der Waals surface area contributed by atoms with Crippen molar-refractivity contribution >= 4 is 46.5 Å². The summed E-state index contributed by atoms with van der Waals surface area (Å²) in [5.41, 5.74) is -1.38. The number of hydrogen-bond acceptors (Lipinski definition) is 3. The maximum Gasteiger partial charge on any atom is 0.357 e. The van der Waals surface area contributed by atoms with Crippen molar-refractivity contribution in [1.29, 1.82) is 5.41 Å². The minimum Gasteiger partial charge on any atom is -0.455 e. The molecule has 0 rings (SSSR count). The second-order valence-electron chi connectivity index (χ2n) is 3.37. The van der Waals surface area contributed by atoms with E-state index in [9.17, 15) is 4.79 Å². The van der Waals surface area contributed by atoms with E-state index in [1.807, 2.05) is 0 Å². The van der Waals surface area contributed by atoms with E-state index in [-0.39, 0.29) is 0 Å². The smallest absolute Gasteiger partial charge is 0.357 e. The largest absolute Gasteiger partial charge is 0.455 e. The van der Waals surface area contributed by atoms with Crippen molar-refractivity contribution in [3.8, 4) is 0 Å². The first-order valence-electron chi connectivity index (χ1n) is 3.43. The Bertz CT molecular complexity index is 227. The molecule has 0 fully saturated rings. The molecule has 0 aliphatic heterocycles. The molecular formula is C7H10Cl3NO2. The van der Waals surface area contributed by atoms with Crippen LogP contribution in [0.25, 0.3) is 0 Å². The standard InChI is InChI=1S/C7H10Cl3NO2/c1-6(2,3)13-5(12)4(11)7(8,9)10/h11H,1-3H3. The van der Waals surface area contributed by atoms with Crippen LogP contribution < -0.4 is 0 Å². The van der Waals surface area contributed by atoms with Crippen LogP contribution in [0.5, 0.6) is 0 Å².